The number of carbonyl (C=O) groups is 2. The van der Waals surface area contributed by atoms with Crippen molar-refractivity contribution in [3.63, 3.8) is 0 Å². The van der Waals surface area contributed by atoms with Crippen LogP contribution in [0.1, 0.15) is 16.1 Å². The summed E-state index contributed by atoms with van der Waals surface area (Å²) in [5.74, 6) is 0.453. The molecule has 1 aromatic heterocycles. The third-order valence-corrected chi connectivity index (χ3v) is 4.10. The zero-order valence-corrected chi connectivity index (χ0v) is 15.3. The van der Waals surface area contributed by atoms with Crippen LogP contribution in [0.5, 0.6) is 5.75 Å². The molecule has 9 heteroatoms. The maximum atomic E-state index is 12.5. The molecule has 130 valence electrons. The Bertz CT molecular complexity index is 841. The van der Waals surface area contributed by atoms with Gasteiger partial charge in [-0.25, -0.2) is 9.97 Å². The van der Waals surface area contributed by atoms with Gasteiger partial charge >= 0.3 is 0 Å². The molecule has 0 radical (unpaired) electrons. The number of nitrogens with one attached hydrogen (secondary N) is 2. The molecule has 1 aromatic carbocycles. The highest BCUT2D eigenvalue weighted by Gasteiger charge is 2.20. The van der Waals surface area contributed by atoms with Gasteiger partial charge in [-0.3, -0.25) is 9.59 Å². The number of ether oxygens (including phenoxy) is 1. The maximum Gasteiger partial charge on any atom is 0.271 e. The fraction of sp³-hybridized carbons (Fsp3) is 0.250. The predicted octanol–water partition coefficient (Wildman–Crippen LogP) is 1.57. The van der Waals surface area contributed by atoms with Gasteiger partial charge in [-0.05, 0) is 27.6 Å². The number of halogens is 1. The van der Waals surface area contributed by atoms with Crippen molar-refractivity contribution in [1.29, 1.82) is 0 Å². The summed E-state index contributed by atoms with van der Waals surface area (Å²) in [4.78, 5) is 34.1. The molecule has 0 bridgehead atoms. The van der Waals surface area contributed by atoms with Crippen molar-refractivity contribution in [3.8, 4) is 5.75 Å². The van der Waals surface area contributed by atoms with E-state index in [4.69, 9.17) is 4.74 Å². The van der Waals surface area contributed by atoms with Crippen molar-refractivity contribution in [2.75, 3.05) is 30.9 Å². The van der Waals surface area contributed by atoms with Crippen LogP contribution < -0.4 is 20.3 Å². The van der Waals surface area contributed by atoms with Gasteiger partial charge in [0.05, 0.1) is 10.2 Å². The number of hydrogen-bond acceptors (Lipinski definition) is 6. The van der Waals surface area contributed by atoms with Crippen LogP contribution in [0.2, 0.25) is 0 Å². The zero-order chi connectivity index (χ0) is 18.0. The molecule has 1 aliphatic heterocycles. The highest BCUT2D eigenvalue weighted by Crippen LogP contribution is 2.31. The second-order valence-electron chi connectivity index (χ2n) is 5.57. The normalized spacial score (nSPS) is 12.7. The summed E-state index contributed by atoms with van der Waals surface area (Å²) >= 11 is 3.29. The lowest BCUT2D eigenvalue weighted by Gasteiger charge is -2.20. The Morgan fingerprint density at radius 1 is 1.44 bits per heavy atom. The molecule has 0 saturated carbocycles. The average molecular weight is 406 g/mol. The summed E-state index contributed by atoms with van der Waals surface area (Å²) in [6.07, 6.45) is 1.54. The van der Waals surface area contributed by atoms with Crippen LogP contribution in [0, 0.1) is 0 Å². The Kier molecular flexibility index (Phi) is 4.84. The largest absolute Gasteiger partial charge is 0.482 e. The van der Waals surface area contributed by atoms with Gasteiger partial charge in [0.15, 0.2) is 6.61 Å². The van der Waals surface area contributed by atoms with E-state index in [-0.39, 0.29) is 30.7 Å². The first kappa shape index (κ1) is 17.2. The van der Waals surface area contributed by atoms with E-state index >= 15 is 0 Å². The Hall–Kier alpha value is -2.68. The molecule has 1 aliphatic rings. The van der Waals surface area contributed by atoms with Gasteiger partial charge in [-0.15, -0.1) is 0 Å². The van der Waals surface area contributed by atoms with Crippen LogP contribution in [-0.2, 0) is 11.3 Å². The van der Waals surface area contributed by atoms with Gasteiger partial charge in [-0.2, -0.15) is 0 Å². The molecule has 0 atom stereocenters. The molecule has 2 aromatic rings. The average Bonchev–Trinajstić information content (AvgIpc) is 2.59. The van der Waals surface area contributed by atoms with E-state index < -0.39 is 0 Å². The highest BCUT2D eigenvalue weighted by molar-refractivity contribution is 9.10. The number of fused-ring (bicyclic) bond motifs is 1. The van der Waals surface area contributed by atoms with Crippen LogP contribution in [-0.4, -0.2) is 42.5 Å². The van der Waals surface area contributed by atoms with Crippen molar-refractivity contribution in [2.24, 2.45) is 0 Å². The van der Waals surface area contributed by atoms with E-state index in [1.165, 1.54) is 6.20 Å². The Morgan fingerprint density at radius 3 is 3.00 bits per heavy atom. The fourth-order valence-corrected chi connectivity index (χ4v) is 2.67. The maximum absolute atomic E-state index is 12.5. The Labute approximate surface area is 152 Å². The van der Waals surface area contributed by atoms with E-state index in [0.29, 0.717) is 21.9 Å². The van der Waals surface area contributed by atoms with Crippen LogP contribution in [0.15, 0.2) is 28.9 Å². The third-order valence-electron chi connectivity index (χ3n) is 3.52. The molecule has 0 saturated heterocycles. The standard InChI is InChI=1S/C16H16BrN5O3/c1-22(2)16-19-7-10(17)14(21-16)15(24)18-6-9-4-3-5-11-13(9)20-12(23)8-25-11/h3-5,7H,6,8H2,1-2H3,(H,18,24)(H,20,23). The number of rotatable bonds is 4. The van der Waals surface area contributed by atoms with Gasteiger partial charge in [0.1, 0.15) is 11.4 Å². The lowest BCUT2D eigenvalue weighted by atomic mass is 10.1. The van der Waals surface area contributed by atoms with E-state index in [2.05, 4.69) is 36.5 Å². The molecule has 0 unspecified atom stereocenters. The van der Waals surface area contributed by atoms with Crippen molar-refractivity contribution in [3.05, 3.63) is 40.1 Å². The molecule has 3 rings (SSSR count). The second-order valence-corrected chi connectivity index (χ2v) is 6.43. The number of anilines is 2. The summed E-state index contributed by atoms with van der Waals surface area (Å²) < 4.78 is 5.87. The molecular weight excluding hydrogens is 390 g/mol. The number of benzene rings is 1. The highest BCUT2D eigenvalue weighted by atomic mass is 79.9. The molecule has 0 aliphatic carbocycles. The second kappa shape index (κ2) is 7.06. The van der Waals surface area contributed by atoms with E-state index in [1.54, 1.807) is 25.1 Å². The van der Waals surface area contributed by atoms with Crippen LogP contribution in [0.4, 0.5) is 11.6 Å². The van der Waals surface area contributed by atoms with E-state index in [0.717, 1.165) is 5.56 Å². The topological polar surface area (TPSA) is 96.5 Å². The van der Waals surface area contributed by atoms with Crippen molar-refractivity contribution < 1.29 is 14.3 Å². The molecule has 2 amide bonds. The molecule has 0 spiro atoms. The Balaban J connectivity index is 1.78. The van der Waals surface area contributed by atoms with Crippen LogP contribution >= 0.6 is 15.9 Å². The molecule has 2 N–H and O–H groups in total. The number of amides is 2. The lowest BCUT2D eigenvalue weighted by molar-refractivity contribution is -0.118. The molecule has 25 heavy (non-hydrogen) atoms. The minimum atomic E-state index is -0.349. The summed E-state index contributed by atoms with van der Waals surface area (Å²) in [5, 5.41) is 5.57. The number of para-hydroxylation sites is 1. The summed E-state index contributed by atoms with van der Waals surface area (Å²) in [5.41, 5.74) is 1.57. The zero-order valence-electron chi connectivity index (χ0n) is 13.7. The first-order valence-corrected chi connectivity index (χ1v) is 8.27. The quantitative estimate of drug-likeness (QED) is 0.800. The van der Waals surface area contributed by atoms with Gasteiger partial charge < -0.3 is 20.3 Å². The monoisotopic (exact) mass is 405 g/mol. The minimum Gasteiger partial charge on any atom is -0.482 e. The van der Waals surface area contributed by atoms with Crippen molar-refractivity contribution in [1.82, 2.24) is 15.3 Å². The van der Waals surface area contributed by atoms with Gasteiger partial charge in [0.2, 0.25) is 5.95 Å². The number of carbonyl (C=O) groups excluding carboxylic acids is 2. The number of aromatic nitrogens is 2. The first-order valence-electron chi connectivity index (χ1n) is 7.48. The Morgan fingerprint density at radius 2 is 2.24 bits per heavy atom. The molecule has 0 fully saturated rings. The first-order chi connectivity index (χ1) is 12.0. The predicted molar refractivity (Wildman–Crippen MR) is 95.8 cm³/mol. The van der Waals surface area contributed by atoms with Crippen LogP contribution in [0.3, 0.4) is 0 Å². The van der Waals surface area contributed by atoms with Crippen LogP contribution in [0.25, 0.3) is 0 Å². The summed E-state index contributed by atoms with van der Waals surface area (Å²) in [7, 11) is 3.59. The summed E-state index contributed by atoms with van der Waals surface area (Å²) in [6, 6.07) is 5.39. The number of nitrogens with zero attached hydrogens (tertiary/aromatic N) is 3. The van der Waals surface area contributed by atoms with Crippen molar-refractivity contribution in [2.45, 2.75) is 6.54 Å². The third kappa shape index (κ3) is 3.71. The van der Waals surface area contributed by atoms with Gasteiger partial charge in [0, 0.05) is 26.8 Å². The van der Waals surface area contributed by atoms with Gasteiger partial charge in [0.25, 0.3) is 11.8 Å². The van der Waals surface area contributed by atoms with Gasteiger partial charge in [-0.1, -0.05) is 12.1 Å². The van der Waals surface area contributed by atoms with Crippen molar-refractivity contribution >= 4 is 39.4 Å². The molecule has 2 heterocycles. The number of hydrogen-bond donors (Lipinski definition) is 2. The molecular formula is C16H16BrN5O3. The van der Waals surface area contributed by atoms with E-state index in [9.17, 15) is 9.59 Å². The fourth-order valence-electron chi connectivity index (χ4n) is 2.30. The summed E-state index contributed by atoms with van der Waals surface area (Å²) in [6.45, 7) is 0.212. The minimum absolute atomic E-state index is 0.00991. The van der Waals surface area contributed by atoms with E-state index in [1.807, 2.05) is 12.1 Å². The smallest absolute Gasteiger partial charge is 0.271 e. The SMILES string of the molecule is CN(C)c1ncc(Br)c(C(=O)NCc2cccc3c2NC(=O)CO3)n1. The lowest BCUT2D eigenvalue weighted by Crippen LogP contribution is -2.29. The molecule has 8 nitrogen and oxygen atoms in total.